The Labute approximate surface area is 321 Å². The van der Waals surface area contributed by atoms with Crippen LogP contribution in [-0.2, 0) is 10.8 Å². The Morgan fingerprint density at radius 2 is 0.982 bits per heavy atom. The van der Waals surface area contributed by atoms with Crippen LogP contribution in [0.5, 0.6) is 0 Å². The minimum absolute atomic E-state index is 0.104. The van der Waals surface area contributed by atoms with E-state index in [1.165, 1.54) is 72.3 Å². The van der Waals surface area contributed by atoms with Crippen molar-refractivity contribution in [1.29, 1.82) is 0 Å². The molecule has 0 spiro atoms. The minimum Gasteiger partial charge on any atom is -0.456 e. The van der Waals surface area contributed by atoms with Crippen LogP contribution in [0.2, 0.25) is 0 Å². The van der Waals surface area contributed by atoms with Crippen molar-refractivity contribution in [3.8, 4) is 22.3 Å². The molecule has 0 saturated carbocycles. The summed E-state index contributed by atoms with van der Waals surface area (Å²) in [6.07, 6.45) is 2.40. The Balaban J connectivity index is 1.14. The van der Waals surface area contributed by atoms with Gasteiger partial charge in [0.25, 0.3) is 0 Å². The predicted octanol–water partition coefficient (Wildman–Crippen LogP) is 13.8. The zero-order valence-electron chi connectivity index (χ0n) is 30.9. The van der Waals surface area contributed by atoms with Gasteiger partial charge in [-0.1, -0.05) is 172 Å². The first-order chi connectivity index (χ1) is 27.0. The molecule has 11 rings (SSSR count). The molecule has 0 radical (unpaired) electrons. The van der Waals surface area contributed by atoms with Gasteiger partial charge in [-0.25, -0.2) is 0 Å². The molecule has 1 heterocycles. The Morgan fingerprint density at radius 3 is 1.75 bits per heavy atom. The lowest BCUT2D eigenvalue weighted by Crippen LogP contribution is -2.28. The van der Waals surface area contributed by atoms with E-state index in [1.54, 1.807) is 0 Å². The van der Waals surface area contributed by atoms with Crippen molar-refractivity contribution in [2.45, 2.75) is 24.7 Å². The second-order valence-electron chi connectivity index (χ2n) is 15.6. The van der Waals surface area contributed by atoms with E-state index in [9.17, 15) is 0 Å². The largest absolute Gasteiger partial charge is 0.456 e. The van der Waals surface area contributed by atoms with Gasteiger partial charge in [-0.3, -0.25) is 0 Å². The maximum absolute atomic E-state index is 6.29. The van der Waals surface area contributed by atoms with E-state index >= 15 is 0 Å². The average Bonchev–Trinajstić information content (AvgIpc) is 3.84. The van der Waals surface area contributed by atoms with Crippen molar-refractivity contribution in [2.24, 2.45) is 0 Å². The summed E-state index contributed by atoms with van der Waals surface area (Å²) in [5, 5.41) is 2.27. The fraction of sp³-hybridized carbons (Fsp3) is 0.0741. The van der Waals surface area contributed by atoms with Crippen LogP contribution in [0.1, 0.15) is 63.9 Å². The first-order valence-electron chi connectivity index (χ1n) is 19.3. The first-order valence-corrected chi connectivity index (χ1v) is 19.3. The molecule has 2 aliphatic rings. The standard InChI is InChI=1S/C54H38O/c1-53(2)47-22-12-9-19-40(47)42-28-26-37(34-50(42)53)44(36-27-30-52-46(33-36)43-21-11-14-24-51(43)55-52)31-35-25-29-49-45(32-35)41-20-10-13-23-48(41)54(49,38-15-5-3-6-16-38)39-17-7-4-8-18-39/h3-34H,1-2H3/b44-31+. The fourth-order valence-electron chi connectivity index (χ4n) is 9.82. The molecule has 8 aromatic carbocycles. The van der Waals surface area contributed by atoms with Gasteiger partial charge in [0, 0.05) is 16.2 Å². The van der Waals surface area contributed by atoms with E-state index < -0.39 is 5.41 Å². The summed E-state index contributed by atoms with van der Waals surface area (Å²) in [4.78, 5) is 0. The third-order valence-electron chi connectivity index (χ3n) is 12.4. The van der Waals surface area contributed by atoms with Gasteiger partial charge in [-0.15, -0.1) is 0 Å². The smallest absolute Gasteiger partial charge is 0.135 e. The SMILES string of the molecule is CC1(C)c2ccccc2-c2ccc(/C(=C/c3ccc4c(c3)-c3ccccc3C4(c3ccccc3)c3ccccc3)c3ccc4oc5ccccc5c4c3)cc21. The monoisotopic (exact) mass is 702 g/mol. The summed E-state index contributed by atoms with van der Waals surface area (Å²) in [6.45, 7) is 4.72. The molecule has 260 valence electrons. The van der Waals surface area contributed by atoms with Crippen LogP contribution in [0.15, 0.2) is 192 Å². The minimum atomic E-state index is -0.423. The summed E-state index contributed by atoms with van der Waals surface area (Å²) >= 11 is 0. The number of para-hydroxylation sites is 1. The van der Waals surface area contributed by atoms with Gasteiger partial charge >= 0.3 is 0 Å². The van der Waals surface area contributed by atoms with E-state index in [0.29, 0.717) is 0 Å². The third-order valence-corrected chi connectivity index (χ3v) is 12.4. The molecule has 1 heteroatoms. The van der Waals surface area contributed by atoms with Crippen LogP contribution in [0, 0.1) is 0 Å². The quantitative estimate of drug-likeness (QED) is 0.163. The van der Waals surface area contributed by atoms with E-state index in [1.807, 2.05) is 6.07 Å². The lowest BCUT2D eigenvalue weighted by Gasteiger charge is -2.33. The second-order valence-corrected chi connectivity index (χ2v) is 15.6. The lowest BCUT2D eigenvalue weighted by atomic mass is 9.67. The van der Waals surface area contributed by atoms with Crippen molar-refractivity contribution in [3.63, 3.8) is 0 Å². The molecule has 9 aromatic rings. The molecule has 55 heavy (non-hydrogen) atoms. The molecular formula is C54H38O. The zero-order valence-corrected chi connectivity index (χ0v) is 30.9. The number of hydrogen-bond acceptors (Lipinski definition) is 1. The second kappa shape index (κ2) is 11.9. The first kappa shape index (κ1) is 31.8. The van der Waals surface area contributed by atoms with Gasteiger partial charge < -0.3 is 4.42 Å². The van der Waals surface area contributed by atoms with Gasteiger partial charge in [0.2, 0.25) is 0 Å². The topological polar surface area (TPSA) is 13.1 Å². The van der Waals surface area contributed by atoms with Gasteiger partial charge in [0.1, 0.15) is 11.2 Å². The third kappa shape index (κ3) is 4.60. The molecule has 0 amide bonds. The molecule has 2 aliphatic carbocycles. The lowest BCUT2D eigenvalue weighted by molar-refractivity contribution is 0.660. The van der Waals surface area contributed by atoms with Crippen LogP contribution < -0.4 is 0 Å². The van der Waals surface area contributed by atoms with Gasteiger partial charge in [0.15, 0.2) is 0 Å². The van der Waals surface area contributed by atoms with Gasteiger partial charge in [0.05, 0.1) is 5.41 Å². The average molecular weight is 703 g/mol. The van der Waals surface area contributed by atoms with Crippen molar-refractivity contribution < 1.29 is 4.42 Å². The molecule has 0 fully saturated rings. The summed E-state index contributed by atoms with van der Waals surface area (Å²) in [6, 6.07) is 69.2. The van der Waals surface area contributed by atoms with Crippen LogP contribution in [0.25, 0.3) is 55.8 Å². The van der Waals surface area contributed by atoms with Crippen molar-refractivity contribution >= 4 is 33.6 Å². The van der Waals surface area contributed by atoms with Crippen LogP contribution in [0.4, 0.5) is 0 Å². The predicted molar refractivity (Wildman–Crippen MR) is 228 cm³/mol. The van der Waals surface area contributed by atoms with Gasteiger partial charge in [-0.2, -0.15) is 0 Å². The number of benzene rings is 8. The van der Waals surface area contributed by atoms with Gasteiger partial charge in [-0.05, 0) is 114 Å². The molecule has 0 aliphatic heterocycles. The van der Waals surface area contributed by atoms with E-state index in [4.69, 9.17) is 4.42 Å². The van der Waals surface area contributed by atoms with Crippen LogP contribution >= 0.6 is 0 Å². The fourth-order valence-corrected chi connectivity index (χ4v) is 9.82. The summed E-state index contributed by atoms with van der Waals surface area (Å²) in [5.41, 5.74) is 19.2. The highest BCUT2D eigenvalue weighted by Gasteiger charge is 2.46. The van der Waals surface area contributed by atoms with Crippen LogP contribution in [0.3, 0.4) is 0 Å². The molecule has 0 saturated heterocycles. The van der Waals surface area contributed by atoms with E-state index in [2.05, 4.69) is 202 Å². The van der Waals surface area contributed by atoms with Crippen molar-refractivity contribution in [2.75, 3.05) is 0 Å². The maximum Gasteiger partial charge on any atom is 0.135 e. The van der Waals surface area contributed by atoms with Crippen LogP contribution in [-0.4, -0.2) is 0 Å². The highest BCUT2D eigenvalue weighted by atomic mass is 16.3. The Morgan fingerprint density at radius 1 is 0.418 bits per heavy atom. The number of rotatable bonds is 5. The molecule has 0 atom stereocenters. The summed E-state index contributed by atoms with van der Waals surface area (Å²) in [5.74, 6) is 0. The van der Waals surface area contributed by atoms with E-state index in [0.717, 1.165) is 27.5 Å². The number of hydrogen-bond donors (Lipinski definition) is 0. The van der Waals surface area contributed by atoms with E-state index in [-0.39, 0.29) is 5.41 Å². The zero-order chi connectivity index (χ0) is 36.7. The molecule has 0 bridgehead atoms. The highest BCUT2D eigenvalue weighted by Crippen LogP contribution is 2.56. The Hall–Kier alpha value is -6.70. The molecule has 1 aromatic heterocycles. The number of fused-ring (bicyclic) bond motifs is 9. The normalized spacial score (nSPS) is 14.8. The highest BCUT2D eigenvalue weighted by molar-refractivity contribution is 6.07. The summed E-state index contributed by atoms with van der Waals surface area (Å²) in [7, 11) is 0. The van der Waals surface area contributed by atoms with Crippen molar-refractivity contribution in [1.82, 2.24) is 0 Å². The summed E-state index contributed by atoms with van der Waals surface area (Å²) < 4.78 is 6.29. The molecule has 0 unspecified atom stereocenters. The van der Waals surface area contributed by atoms with Crippen molar-refractivity contribution in [3.05, 3.63) is 238 Å². The molecule has 0 N–H and O–H groups in total. The maximum atomic E-state index is 6.29. The Bertz CT molecular complexity index is 2960. The molecule has 1 nitrogen and oxygen atoms in total. The number of furan rings is 1. The Kier molecular flexibility index (Phi) is 6.88. The molecular weight excluding hydrogens is 665 g/mol.